The van der Waals surface area contributed by atoms with Crippen molar-refractivity contribution in [2.75, 3.05) is 5.32 Å². The quantitative estimate of drug-likeness (QED) is 0.404. The van der Waals surface area contributed by atoms with Gasteiger partial charge in [-0.25, -0.2) is 9.48 Å². The molecule has 0 aliphatic heterocycles. The third kappa shape index (κ3) is 4.35. The maximum absolute atomic E-state index is 13.3. The first kappa shape index (κ1) is 23.4. The molecule has 8 nitrogen and oxygen atoms in total. The van der Waals surface area contributed by atoms with Gasteiger partial charge in [0.05, 0.1) is 23.5 Å². The predicted octanol–water partition coefficient (Wildman–Crippen LogP) is 5.47. The summed E-state index contributed by atoms with van der Waals surface area (Å²) in [6, 6.07) is 13.8. The lowest BCUT2D eigenvalue weighted by molar-refractivity contribution is -0.169. The van der Waals surface area contributed by atoms with Crippen LogP contribution in [0.5, 0.6) is 0 Å². The molecule has 7 rings (SSSR count). The van der Waals surface area contributed by atoms with Crippen molar-refractivity contribution in [2.45, 2.75) is 50.7 Å². The SMILES string of the molecule is O=C(O)c1cccc(NC(=O)c2nnn(-c3ccccc3Br)c2COC23CC4CC(CC(C4)C2)C3)c1. The first-order valence-electron chi connectivity index (χ1n) is 12.4. The van der Waals surface area contributed by atoms with Crippen LogP contribution in [0.4, 0.5) is 5.69 Å². The fourth-order valence-corrected chi connectivity index (χ4v) is 7.23. The van der Waals surface area contributed by atoms with Gasteiger partial charge in [0.15, 0.2) is 5.69 Å². The van der Waals surface area contributed by atoms with Crippen LogP contribution >= 0.6 is 15.9 Å². The molecule has 0 spiro atoms. The minimum Gasteiger partial charge on any atom is -0.478 e. The number of hydrogen-bond acceptors (Lipinski definition) is 5. The van der Waals surface area contributed by atoms with Gasteiger partial charge in [-0.15, -0.1) is 5.10 Å². The summed E-state index contributed by atoms with van der Waals surface area (Å²) >= 11 is 3.59. The topological polar surface area (TPSA) is 106 Å². The number of carboxylic acids is 1. The number of rotatable bonds is 7. The zero-order valence-electron chi connectivity index (χ0n) is 19.7. The van der Waals surface area contributed by atoms with Gasteiger partial charge >= 0.3 is 5.97 Å². The van der Waals surface area contributed by atoms with Crippen LogP contribution in [0, 0.1) is 17.8 Å². The number of nitrogens with zero attached hydrogens (tertiary/aromatic N) is 3. The standard InChI is InChI=1S/C27H27BrN4O4/c28-21-6-1-2-7-22(21)32-23(15-36-27-12-16-8-17(13-27)10-18(9-16)14-27)24(30-31-32)25(33)29-20-5-3-4-19(11-20)26(34)35/h1-7,11,16-18H,8-10,12-15H2,(H,29,33)(H,34,35). The van der Waals surface area contributed by atoms with Crippen LogP contribution in [0.15, 0.2) is 53.0 Å². The van der Waals surface area contributed by atoms with Gasteiger partial charge in [0, 0.05) is 10.2 Å². The molecule has 0 unspecified atom stereocenters. The molecule has 4 aliphatic carbocycles. The maximum Gasteiger partial charge on any atom is 0.335 e. The van der Waals surface area contributed by atoms with Crippen molar-refractivity contribution in [3.8, 4) is 5.69 Å². The Morgan fingerprint density at radius 2 is 1.75 bits per heavy atom. The zero-order chi connectivity index (χ0) is 24.9. The van der Waals surface area contributed by atoms with Crippen molar-refractivity contribution in [3.05, 3.63) is 70.0 Å². The van der Waals surface area contributed by atoms with Crippen LogP contribution in [-0.2, 0) is 11.3 Å². The summed E-state index contributed by atoms with van der Waals surface area (Å²) in [7, 11) is 0. The number of para-hydroxylation sites is 1. The summed E-state index contributed by atoms with van der Waals surface area (Å²) in [6.45, 7) is 0.221. The van der Waals surface area contributed by atoms with Crippen LogP contribution in [0.3, 0.4) is 0 Å². The minimum absolute atomic E-state index is 0.0926. The Balaban J connectivity index is 1.31. The molecular weight excluding hydrogens is 524 g/mol. The van der Waals surface area contributed by atoms with E-state index in [1.807, 2.05) is 24.3 Å². The molecule has 1 amide bonds. The van der Waals surface area contributed by atoms with E-state index in [2.05, 4.69) is 31.6 Å². The van der Waals surface area contributed by atoms with E-state index >= 15 is 0 Å². The molecule has 1 aromatic heterocycles. The highest BCUT2D eigenvalue weighted by atomic mass is 79.9. The smallest absolute Gasteiger partial charge is 0.335 e. The van der Waals surface area contributed by atoms with E-state index in [-0.39, 0.29) is 23.5 Å². The van der Waals surface area contributed by atoms with Gasteiger partial charge in [-0.05, 0) is 103 Å². The van der Waals surface area contributed by atoms with Gasteiger partial charge in [0.2, 0.25) is 0 Å². The molecule has 36 heavy (non-hydrogen) atoms. The second-order valence-corrected chi connectivity index (χ2v) is 11.3. The van der Waals surface area contributed by atoms with E-state index in [0.717, 1.165) is 47.2 Å². The summed E-state index contributed by atoms with van der Waals surface area (Å²) < 4.78 is 9.19. The van der Waals surface area contributed by atoms with Gasteiger partial charge < -0.3 is 15.2 Å². The first-order valence-corrected chi connectivity index (χ1v) is 13.2. The van der Waals surface area contributed by atoms with Gasteiger partial charge in [0.25, 0.3) is 5.91 Å². The first-order chi connectivity index (χ1) is 17.4. The Morgan fingerprint density at radius 1 is 1.06 bits per heavy atom. The number of nitrogens with one attached hydrogen (secondary N) is 1. The lowest BCUT2D eigenvalue weighted by Gasteiger charge is -2.56. The van der Waals surface area contributed by atoms with E-state index in [1.165, 1.54) is 31.4 Å². The molecule has 4 bridgehead atoms. The fraction of sp³-hybridized carbons (Fsp3) is 0.407. The van der Waals surface area contributed by atoms with E-state index in [1.54, 1.807) is 16.8 Å². The Kier molecular flexibility index (Phi) is 5.92. The zero-order valence-corrected chi connectivity index (χ0v) is 21.3. The molecule has 186 valence electrons. The summed E-state index contributed by atoms with van der Waals surface area (Å²) in [5, 5.41) is 20.6. The van der Waals surface area contributed by atoms with Crippen LogP contribution in [-0.4, -0.2) is 37.6 Å². The number of carboxylic acid groups (broad SMARTS) is 1. The predicted molar refractivity (Wildman–Crippen MR) is 136 cm³/mol. The number of carbonyl (C=O) groups excluding carboxylic acids is 1. The molecule has 0 saturated heterocycles. The number of aromatic carboxylic acids is 1. The van der Waals surface area contributed by atoms with E-state index < -0.39 is 11.9 Å². The largest absolute Gasteiger partial charge is 0.478 e. The van der Waals surface area contributed by atoms with Crippen molar-refractivity contribution >= 4 is 33.5 Å². The van der Waals surface area contributed by atoms with Crippen molar-refractivity contribution in [2.24, 2.45) is 17.8 Å². The van der Waals surface area contributed by atoms with Crippen molar-refractivity contribution < 1.29 is 19.4 Å². The molecule has 0 atom stereocenters. The number of benzene rings is 2. The van der Waals surface area contributed by atoms with Crippen LogP contribution in [0.1, 0.15) is 65.1 Å². The molecule has 0 radical (unpaired) electrons. The van der Waals surface area contributed by atoms with Crippen molar-refractivity contribution in [1.29, 1.82) is 0 Å². The average Bonchev–Trinajstić information content (AvgIpc) is 3.26. The Labute approximate surface area is 217 Å². The number of amides is 1. The lowest BCUT2D eigenvalue weighted by atomic mass is 9.54. The van der Waals surface area contributed by atoms with E-state index in [9.17, 15) is 14.7 Å². The van der Waals surface area contributed by atoms with Crippen molar-refractivity contribution in [3.63, 3.8) is 0 Å². The van der Waals surface area contributed by atoms with Crippen LogP contribution in [0.2, 0.25) is 0 Å². The monoisotopic (exact) mass is 550 g/mol. The van der Waals surface area contributed by atoms with E-state index in [4.69, 9.17) is 4.74 Å². The Bertz CT molecular complexity index is 1300. The fourth-order valence-electron chi connectivity index (χ4n) is 6.77. The van der Waals surface area contributed by atoms with Crippen LogP contribution in [0.25, 0.3) is 5.69 Å². The molecular formula is C27H27BrN4O4. The number of halogens is 1. The molecule has 1 heterocycles. The summed E-state index contributed by atoms with van der Waals surface area (Å²) in [6.07, 6.45) is 7.21. The van der Waals surface area contributed by atoms with Gasteiger partial charge in [0.1, 0.15) is 5.69 Å². The molecule has 9 heteroatoms. The highest BCUT2D eigenvalue weighted by Gasteiger charge is 2.51. The van der Waals surface area contributed by atoms with E-state index in [0.29, 0.717) is 11.4 Å². The lowest BCUT2D eigenvalue weighted by Crippen LogP contribution is -2.51. The third-order valence-corrected chi connectivity index (χ3v) is 8.59. The number of anilines is 1. The second-order valence-electron chi connectivity index (χ2n) is 10.5. The Hall–Kier alpha value is -3.04. The summed E-state index contributed by atoms with van der Waals surface area (Å²) in [5.41, 5.74) is 1.83. The second kappa shape index (κ2) is 9.12. The average molecular weight is 551 g/mol. The van der Waals surface area contributed by atoms with Gasteiger partial charge in [-0.2, -0.15) is 0 Å². The summed E-state index contributed by atoms with van der Waals surface area (Å²) in [5.74, 6) is 0.709. The molecule has 2 N–H and O–H groups in total. The Morgan fingerprint density at radius 3 is 2.42 bits per heavy atom. The summed E-state index contributed by atoms with van der Waals surface area (Å²) in [4.78, 5) is 24.7. The molecule has 4 aliphatic rings. The van der Waals surface area contributed by atoms with Gasteiger partial charge in [-0.1, -0.05) is 23.4 Å². The molecule has 2 aromatic carbocycles. The molecule has 4 saturated carbocycles. The highest BCUT2D eigenvalue weighted by molar-refractivity contribution is 9.10. The molecule has 4 fully saturated rings. The number of aromatic nitrogens is 3. The number of ether oxygens (including phenoxy) is 1. The third-order valence-electron chi connectivity index (χ3n) is 7.92. The highest BCUT2D eigenvalue weighted by Crippen LogP contribution is 2.57. The minimum atomic E-state index is -1.06. The number of hydrogen-bond donors (Lipinski definition) is 2. The molecule has 3 aromatic rings. The van der Waals surface area contributed by atoms with Gasteiger partial charge in [-0.3, -0.25) is 4.79 Å². The van der Waals surface area contributed by atoms with Crippen LogP contribution < -0.4 is 5.32 Å². The maximum atomic E-state index is 13.3. The normalized spacial score (nSPS) is 26.2. The number of carbonyl (C=O) groups is 2. The van der Waals surface area contributed by atoms with Crippen molar-refractivity contribution in [1.82, 2.24) is 15.0 Å².